The van der Waals surface area contributed by atoms with Crippen LogP contribution in [-0.2, 0) is 21.0 Å². The van der Waals surface area contributed by atoms with Crippen molar-refractivity contribution in [2.24, 2.45) is 17.8 Å². The topological polar surface area (TPSA) is 66.5 Å². The Balaban J connectivity index is 1.32. The maximum Gasteiger partial charge on any atom is 0.417 e. The van der Waals surface area contributed by atoms with Crippen LogP contribution >= 0.6 is 0 Å². The highest BCUT2D eigenvalue weighted by molar-refractivity contribution is 7.89. The van der Waals surface area contributed by atoms with Crippen molar-refractivity contribution < 1.29 is 26.4 Å². The summed E-state index contributed by atoms with van der Waals surface area (Å²) in [6.45, 7) is 0.129. The molecule has 5 aliphatic rings. The van der Waals surface area contributed by atoms with Gasteiger partial charge in [0.15, 0.2) is 0 Å². The molecule has 1 aliphatic heterocycles. The lowest BCUT2D eigenvalue weighted by Crippen LogP contribution is -2.60. The summed E-state index contributed by atoms with van der Waals surface area (Å²) < 4.78 is 67.8. The molecule has 1 saturated heterocycles. The molecule has 9 heteroatoms. The Kier molecular flexibility index (Phi) is 5.36. The summed E-state index contributed by atoms with van der Waals surface area (Å²) in [7, 11) is -4.37. The van der Waals surface area contributed by atoms with Crippen LogP contribution < -0.4 is 5.32 Å². The van der Waals surface area contributed by atoms with Gasteiger partial charge in [0.25, 0.3) is 0 Å². The smallest absolute Gasteiger partial charge is 0.351 e. The summed E-state index contributed by atoms with van der Waals surface area (Å²) in [5.41, 5.74) is -1.33. The largest absolute Gasteiger partial charge is 0.417 e. The molecule has 5 fully saturated rings. The number of rotatable bonds is 5. The van der Waals surface area contributed by atoms with Crippen molar-refractivity contribution in [1.82, 2.24) is 9.62 Å². The molecule has 6 rings (SSSR count). The molecular weight excluding hydrogens is 441 g/mol. The molecule has 4 bridgehead atoms. The first-order valence-corrected chi connectivity index (χ1v) is 13.0. The van der Waals surface area contributed by atoms with E-state index in [-0.39, 0.29) is 24.4 Å². The number of halogens is 3. The van der Waals surface area contributed by atoms with Gasteiger partial charge < -0.3 is 5.32 Å². The molecule has 4 saturated carbocycles. The fourth-order valence-corrected chi connectivity index (χ4v) is 9.11. The summed E-state index contributed by atoms with van der Waals surface area (Å²) in [6, 6.07) is 3.66. The number of nitrogens with one attached hydrogen (secondary N) is 1. The zero-order valence-electron chi connectivity index (χ0n) is 17.9. The van der Waals surface area contributed by atoms with E-state index >= 15 is 0 Å². The summed E-state index contributed by atoms with van der Waals surface area (Å²) >= 11 is 0. The van der Waals surface area contributed by atoms with Gasteiger partial charge in [-0.1, -0.05) is 12.1 Å². The molecule has 4 aliphatic carbocycles. The quantitative estimate of drug-likeness (QED) is 0.697. The van der Waals surface area contributed by atoms with E-state index in [2.05, 4.69) is 5.32 Å². The van der Waals surface area contributed by atoms with Crippen molar-refractivity contribution in [2.75, 3.05) is 6.54 Å². The number of carbonyl (C=O) groups is 1. The molecular formula is C23H29F3N2O3S. The zero-order valence-corrected chi connectivity index (χ0v) is 18.7. The molecule has 32 heavy (non-hydrogen) atoms. The number of nitrogens with zero attached hydrogens (tertiary/aromatic N) is 1. The van der Waals surface area contributed by atoms with E-state index in [1.165, 1.54) is 31.4 Å². The van der Waals surface area contributed by atoms with Crippen LogP contribution in [0.1, 0.15) is 63.4 Å². The normalized spacial score (nSPS) is 34.7. The van der Waals surface area contributed by atoms with Crippen LogP contribution in [0.4, 0.5) is 13.2 Å². The average Bonchev–Trinajstić information content (AvgIpc) is 3.14. The maximum absolute atomic E-state index is 13.4. The number of carbonyl (C=O) groups excluding carboxylic acids is 1. The molecule has 1 unspecified atom stereocenters. The van der Waals surface area contributed by atoms with Gasteiger partial charge in [-0.05, 0) is 81.3 Å². The van der Waals surface area contributed by atoms with Crippen LogP contribution in [0.5, 0.6) is 0 Å². The van der Waals surface area contributed by atoms with Gasteiger partial charge in [-0.2, -0.15) is 17.5 Å². The van der Waals surface area contributed by atoms with Crippen molar-refractivity contribution in [3.05, 3.63) is 29.8 Å². The highest BCUT2D eigenvalue weighted by Crippen LogP contribution is 2.55. The van der Waals surface area contributed by atoms with Crippen LogP contribution in [0, 0.1) is 17.8 Å². The average molecular weight is 471 g/mol. The highest BCUT2D eigenvalue weighted by Gasteiger charge is 2.52. The van der Waals surface area contributed by atoms with Gasteiger partial charge in [0, 0.05) is 24.5 Å². The first-order chi connectivity index (χ1) is 15.1. The maximum atomic E-state index is 13.4. The van der Waals surface area contributed by atoms with Crippen molar-refractivity contribution in [3.63, 3.8) is 0 Å². The van der Waals surface area contributed by atoms with Gasteiger partial charge in [-0.25, -0.2) is 8.42 Å². The van der Waals surface area contributed by atoms with Crippen LogP contribution in [0.3, 0.4) is 0 Å². The van der Waals surface area contributed by atoms with Crippen LogP contribution in [0.2, 0.25) is 0 Å². The molecule has 1 amide bonds. The fourth-order valence-electron chi connectivity index (χ4n) is 7.21. The van der Waals surface area contributed by atoms with E-state index in [0.29, 0.717) is 30.6 Å². The van der Waals surface area contributed by atoms with E-state index < -0.39 is 32.7 Å². The standard InChI is InChI=1S/C23H29F3N2O3S/c24-23(25,26)19-5-1-2-6-20(19)32(30,31)28-7-3-4-18(28)11-21(29)27-22-12-15-8-16(13-22)10-17(9-15)14-22/h1-2,5-6,15-18H,3-4,7-14H2,(H,27,29). The van der Waals surface area contributed by atoms with E-state index in [1.807, 2.05) is 0 Å². The third-order valence-electron chi connectivity index (χ3n) is 7.97. The number of sulfonamides is 1. The third-order valence-corrected chi connectivity index (χ3v) is 9.98. The molecule has 1 N–H and O–H groups in total. The van der Waals surface area contributed by atoms with Crippen molar-refractivity contribution >= 4 is 15.9 Å². The van der Waals surface area contributed by atoms with Gasteiger partial charge in [0.05, 0.1) is 10.5 Å². The number of amides is 1. The summed E-state index contributed by atoms with van der Waals surface area (Å²) in [4.78, 5) is 12.3. The third kappa shape index (κ3) is 3.95. The fraction of sp³-hybridized carbons (Fsp3) is 0.696. The molecule has 1 atom stereocenters. The Morgan fingerprint density at radius 2 is 1.66 bits per heavy atom. The number of benzene rings is 1. The Hall–Kier alpha value is -1.61. The minimum Gasteiger partial charge on any atom is -0.351 e. The first kappa shape index (κ1) is 22.2. The second-order valence-corrected chi connectivity index (χ2v) is 12.2. The van der Waals surface area contributed by atoms with E-state index in [0.717, 1.165) is 35.7 Å². The Morgan fingerprint density at radius 3 is 2.25 bits per heavy atom. The lowest BCUT2D eigenvalue weighted by molar-refractivity contribution is -0.140. The highest BCUT2D eigenvalue weighted by atomic mass is 32.2. The van der Waals surface area contributed by atoms with Gasteiger partial charge in [-0.15, -0.1) is 0 Å². The lowest BCUT2D eigenvalue weighted by atomic mass is 9.53. The summed E-state index contributed by atoms with van der Waals surface area (Å²) in [6.07, 6.45) is 2.98. The minimum absolute atomic E-state index is 0.00480. The molecule has 1 aromatic rings. The number of hydrogen-bond acceptors (Lipinski definition) is 3. The Labute approximate surface area is 186 Å². The van der Waals surface area contributed by atoms with Gasteiger partial charge in [0.1, 0.15) is 0 Å². The van der Waals surface area contributed by atoms with E-state index in [4.69, 9.17) is 0 Å². The predicted molar refractivity (Wildman–Crippen MR) is 112 cm³/mol. The van der Waals surface area contributed by atoms with Gasteiger partial charge >= 0.3 is 6.18 Å². The molecule has 176 valence electrons. The summed E-state index contributed by atoms with van der Waals surface area (Å²) in [5.74, 6) is 1.83. The summed E-state index contributed by atoms with van der Waals surface area (Å²) in [5, 5.41) is 3.26. The zero-order chi connectivity index (χ0) is 22.7. The van der Waals surface area contributed by atoms with E-state index in [9.17, 15) is 26.4 Å². The van der Waals surface area contributed by atoms with Crippen molar-refractivity contribution in [1.29, 1.82) is 0 Å². The molecule has 0 radical (unpaired) electrons. The first-order valence-electron chi connectivity index (χ1n) is 11.5. The second-order valence-electron chi connectivity index (χ2n) is 10.4. The molecule has 1 aromatic carbocycles. The van der Waals surface area contributed by atoms with Crippen LogP contribution in [0.25, 0.3) is 0 Å². The Morgan fingerprint density at radius 1 is 1.06 bits per heavy atom. The van der Waals surface area contributed by atoms with Gasteiger partial charge in [-0.3, -0.25) is 4.79 Å². The van der Waals surface area contributed by atoms with Crippen molar-refractivity contribution in [2.45, 2.75) is 80.4 Å². The molecule has 1 heterocycles. The van der Waals surface area contributed by atoms with Gasteiger partial charge in [0.2, 0.25) is 15.9 Å². The van der Waals surface area contributed by atoms with Crippen LogP contribution in [0.15, 0.2) is 29.2 Å². The molecule has 0 aromatic heterocycles. The molecule has 5 nitrogen and oxygen atoms in total. The monoisotopic (exact) mass is 470 g/mol. The number of alkyl halides is 3. The number of hydrogen-bond donors (Lipinski definition) is 1. The second kappa shape index (κ2) is 7.72. The predicted octanol–water partition coefficient (Wildman–Crippen LogP) is 4.33. The van der Waals surface area contributed by atoms with Crippen LogP contribution in [-0.4, -0.2) is 36.8 Å². The van der Waals surface area contributed by atoms with E-state index in [1.54, 1.807) is 0 Å². The minimum atomic E-state index is -4.77. The SMILES string of the molecule is O=C(CC1CCCN1S(=O)(=O)c1ccccc1C(F)(F)F)NC12CC3CC(CC(C3)C1)C2. The van der Waals surface area contributed by atoms with Crippen molar-refractivity contribution in [3.8, 4) is 0 Å². The Bertz CT molecular complexity index is 973. The molecule has 0 spiro atoms. The lowest BCUT2D eigenvalue weighted by Gasteiger charge is -2.57.